The average molecular weight is 235 g/mol. The molecule has 17 heavy (non-hydrogen) atoms. The molecular weight excluding hydrogens is 218 g/mol. The molecule has 2 rings (SSSR count). The number of benzene rings is 1. The Labute approximate surface area is 100.0 Å². The molecule has 5 heteroatoms. The Hall–Kier alpha value is -2.04. The second kappa shape index (κ2) is 6.52. The number of rotatable bonds is 2. The van der Waals surface area contributed by atoms with Crippen LogP contribution in [0.25, 0.3) is 11.0 Å². The van der Waals surface area contributed by atoms with Gasteiger partial charge in [-0.1, -0.05) is 6.92 Å². The number of carbonyl (C=O) groups excluding carboxylic acids is 1. The molecule has 1 heterocycles. The minimum absolute atomic E-state index is 0.123. The summed E-state index contributed by atoms with van der Waals surface area (Å²) in [5.74, 6) is -0.123. The molecule has 92 valence electrons. The highest BCUT2D eigenvalue weighted by molar-refractivity contribution is 5.77. The molecular formula is C12H17N3O2. The highest BCUT2D eigenvalue weighted by Crippen LogP contribution is 2.11. The van der Waals surface area contributed by atoms with Crippen LogP contribution in [0, 0.1) is 0 Å². The lowest BCUT2D eigenvalue weighted by molar-refractivity contribution is -0.140. The number of nitrogens with one attached hydrogen (secondary N) is 1. The van der Waals surface area contributed by atoms with E-state index in [1.807, 2.05) is 25.1 Å². The van der Waals surface area contributed by atoms with Crippen molar-refractivity contribution in [1.29, 1.82) is 0 Å². The number of methoxy groups -OCH3 is 1. The molecule has 0 fully saturated rings. The summed E-state index contributed by atoms with van der Waals surface area (Å²) in [6, 6.07) is 5.60. The van der Waals surface area contributed by atoms with Crippen molar-refractivity contribution in [3.8, 4) is 0 Å². The van der Waals surface area contributed by atoms with Crippen LogP contribution < -0.4 is 5.73 Å². The van der Waals surface area contributed by atoms with E-state index in [1.54, 1.807) is 6.33 Å². The number of aromatic amines is 1. The largest absolute Gasteiger partial charge is 0.469 e. The topological polar surface area (TPSA) is 81.0 Å². The van der Waals surface area contributed by atoms with Crippen LogP contribution in [0.1, 0.15) is 19.8 Å². The summed E-state index contributed by atoms with van der Waals surface area (Å²) in [7, 11) is 1.40. The number of hydrogen-bond acceptors (Lipinski definition) is 4. The van der Waals surface area contributed by atoms with E-state index < -0.39 is 0 Å². The number of nitrogens with two attached hydrogens (primary N) is 1. The first-order valence-electron chi connectivity index (χ1n) is 5.42. The van der Waals surface area contributed by atoms with Gasteiger partial charge in [0, 0.05) is 12.1 Å². The molecule has 0 radical (unpaired) electrons. The molecule has 0 aliphatic carbocycles. The van der Waals surface area contributed by atoms with E-state index in [1.165, 1.54) is 7.11 Å². The lowest BCUT2D eigenvalue weighted by atomic mass is 10.3. The number of imidazole rings is 1. The Bertz CT molecular complexity index is 479. The van der Waals surface area contributed by atoms with Crippen molar-refractivity contribution in [3.05, 3.63) is 24.5 Å². The fraction of sp³-hybridized carbons (Fsp3) is 0.333. The van der Waals surface area contributed by atoms with Crippen LogP contribution in [0.2, 0.25) is 0 Å². The zero-order valence-electron chi connectivity index (χ0n) is 10.1. The van der Waals surface area contributed by atoms with Crippen molar-refractivity contribution in [2.75, 3.05) is 12.8 Å². The SMILES string of the molecule is CCCC(=O)OC.Nc1ccc2[nH]cnc2c1. The van der Waals surface area contributed by atoms with Gasteiger partial charge >= 0.3 is 5.97 Å². The standard InChI is InChI=1S/C7H7N3.C5H10O2/c8-5-1-2-6-7(3-5)10-4-9-6;1-3-4-5(6)7-2/h1-4H,8H2,(H,9,10);3-4H2,1-2H3. The quantitative estimate of drug-likeness (QED) is 0.617. The van der Waals surface area contributed by atoms with Gasteiger partial charge in [0.05, 0.1) is 24.5 Å². The van der Waals surface area contributed by atoms with Crippen molar-refractivity contribution in [1.82, 2.24) is 9.97 Å². The molecule has 0 saturated heterocycles. The van der Waals surface area contributed by atoms with Crippen LogP contribution in [0.3, 0.4) is 0 Å². The Morgan fingerprint density at radius 2 is 2.29 bits per heavy atom. The van der Waals surface area contributed by atoms with Crippen molar-refractivity contribution in [2.45, 2.75) is 19.8 Å². The molecule has 0 bridgehead atoms. The summed E-state index contributed by atoms with van der Waals surface area (Å²) in [6.07, 6.45) is 3.06. The molecule has 1 aromatic carbocycles. The third-order valence-corrected chi connectivity index (χ3v) is 2.13. The highest BCUT2D eigenvalue weighted by Gasteiger charge is 1.93. The number of fused-ring (bicyclic) bond motifs is 1. The summed E-state index contributed by atoms with van der Waals surface area (Å²) in [5, 5.41) is 0. The minimum Gasteiger partial charge on any atom is -0.469 e. The maximum absolute atomic E-state index is 10.2. The smallest absolute Gasteiger partial charge is 0.305 e. The van der Waals surface area contributed by atoms with Crippen LogP contribution in [-0.4, -0.2) is 23.0 Å². The number of nitrogens with zero attached hydrogens (tertiary/aromatic N) is 1. The second-order valence-electron chi connectivity index (χ2n) is 3.51. The van der Waals surface area contributed by atoms with Crippen molar-refractivity contribution >= 4 is 22.7 Å². The fourth-order valence-electron chi connectivity index (χ4n) is 1.26. The average Bonchev–Trinajstić information content (AvgIpc) is 2.77. The van der Waals surface area contributed by atoms with Crippen LogP contribution in [0.4, 0.5) is 5.69 Å². The fourth-order valence-corrected chi connectivity index (χ4v) is 1.26. The van der Waals surface area contributed by atoms with Crippen molar-refractivity contribution in [3.63, 3.8) is 0 Å². The predicted octanol–water partition coefficient (Wildman–Crippen LogP) is 2.10. The number of carbonyl (C=O) groups is 1. The lowest BCUT2D eigenvalue weighted by Gasteiger charge is -1.91. The van der Waals surface area contributed by atoms with Crippen LogP contribution >= 0.6 is 0 Å². The molecule has 0 unspecified atom stereocenters. The number of aromatic nitrogens is 2. The van der Waals surface area contributed by atoms with Crippen LogP contribution in [0.5, 0.6) is 0 Å². The third kappa shape index (κ3) is 4.14. The number of nitrogen functional groups attached to an aromatic ring is 1. The van der Waals surface area contributed by atoms with Gasteiger partial charge in [-0.2, -0.15) is 0 Å². The van der Waals surface area contributed by atoms with Gasteiger partial charge in [0.25, 0.3) is 0 Å². The van der Waals surface area contributed by atoms with Gasteiger partial charge < -0.3 is 15.5 Å². The van der Waals surface area contributed by atoms with E-state index >= 15 is 0 Å². The van der Waals surface area contributed by atoms with E-state index in [-0.39, 0.29) is 5.97 Å². The zero-order valence-corrected chi connectivity index (χ0v) is 10.1. The van der Waals surface area contributed by atoms with Crippen molar-refractivity contribution in [2.24, 2.45) is 0 Å². The number of esters is 1. The highest BCUT2D eigenvalue weighted by atomic mass is 16.5. The summed E-state index contributed by atoms with van der Waals surface area (Å²) in [6.45, 7) is 1.94. The molecule has 0 aliphatic heterocycles. The first kappa shape index (κ1) is 13.0. The Morgan fingerprint density at radius 1 is 1.53 bits per heavy atom. The van der Waals surface area contributed by atoms with Gasteiger partial charge in [-0.15, -0.1) is 0 Å². The van der Waals surface area contributed by atoms with E-state index in [9.17, 15) is 4.79 Å². The molecule has 3 N–H and O–H groups in total. The number of anilines is 1. The molecule has 1 aromatic heterocycles. The van der Waals surface area contributed by atoms with Gasteiger partial charge in [0.1, 0.15) is 0 Å². The number of H-pyrrole nitrogens is 1. The van der Waals surface area contributed by atoms with Gasteiger partial charge in [-0.3, -0.25) is 4.79 Å². The summed E-state index contributed by atoms with van der Waals surface area (Å²) < 4.78 is 4.35. The number of ether oxygens (including phenoxy) is 1. The van der Waals surface area contributed by atoms with Gasteiger partial charge in [0.15, 0.2) is 0 Å². The van der Waals surface area contributed by atoms with Gasteiger partial charge in [-0.25, -0.2) is 4.98 Å². The summed E-state index contributed by atoms with van der Waals surface area (Å²) >= 11 is 0. The van der Waals surface area contributed by atoms with Gasteiger partial charge in [0.2, 0.25) is 0 Å². The first-order chi connectivity index (χ1) is 8.17. The predicted molar refractivity (Wildman–Crippen MR) is 67.4 cm³/mol. The third-order valence-electron chi connectivity index (χ3n) is 2.13. The maximum Gasteiger partial charge on any atom is 0.305 e. The van der Waals surface area contributed by atoms with Crippen LogP contribution in [0.15, 0.2) is 24.5 Å². The lowest BCUT2D eigenvalue weighted by Crippen LogP contribution is -1.97. The molecule has 0 saturated carbocycles. The van der Waals surface area contributed by atoms with Crippen LogP contribution in [-0.2, 0) is 9.53 Å². The maximum atomic E-state index is 10.2. The molecule has 0 amide bonds. The Kier molecular flexibility index (Phi) is 5.00. The Balaban J connectivity index is 0.000000185. The van der Waals surface area contributed by atoms with Crippen molar-refractivity contribution < 1.29 is 9.53 Å². The monoisotopic (exact) mass is 235 g/mol. The zero-order chi connectivity index (χ0) is 12.7. The molecule has 0 aliphatic rings. The van der Waals surface area contributed by atoms with Gasteiger partial charge in [-0.05, 0) is 24.6 Å². The summed E-state index contributed by atoms with van der Waals surface area (Å²) in [5.41, 5.74) is 8.22. The van der Waals surface area contributed by atoms with E-state index in [0.717, 1.165) is 23.1 Å². The number of hydrogen-bond donors (Lipinski definition) is 2. The second-order valence-corrected chi connectivity index (χ2v) is 3.51. The first-order valence-corrected chi connectivity index (χ1v) is 5.42. The normalized spacial score (nSPS) is 9.53. The molecule has 5 nitrogen and oxygen atoms in total. The minimum atomic E-state index is -0.123. The van der Waals surface area contributed by atoms with E-state index in [2.05, 4.69) is 14.7 Å². The van der Waals surface area contributed by atoms with E-state index in [0.29, 0.717) is 6.42 Å². The molecule has 0 atom stereocenters. The molecule has 0 spiro atoms. The summed E-state index contributed by atoms with van der Waals surface area (Å²) in [4.78, 5) is 17.2. The Morgan fingerprint density at radius 3 is 2.88 bits per heavy atom. The van der Waals surface area contributed by atoms with E-state index in [4.69, 9.17) is 5.73 Å². The molecule has 2 aromatic rings.